The lowest BCUT2D eigenvalue weighted by molar-refractivity contribution is -0.121. The van der Waals surface area contributed by atoms with Gasteiger partial charge in [-0.1, -0.05) is 0 Å². The average Bonchev–Trinajstić information content (AvgIpc) is 3.17. The molecule has 0 aromatic carbocycles. The van der Waals surface area contributed by atoms with E-state index in [0.717, 1.165) is 23.4 Å². The van der Waals surface area contributed by atoms with E-state index in [9.17, 15) is 9.59 Å². The fourth-order valence-corrected chi connectivity index (χ4v) is 3.71. The molecule has 1 aliphatic rings. The number of aryl methyl sites for hydroxylation is 1. The number of aromatic nitrogens is 1. The third kappa shape index (κ3) is 3.76. The van der Waals surface area contributed by atoms with E-state index in [1.165, 1.54) is 17.6 Å². The van der Waals surface area contributed by atoms with Crippen molar-refractivity contribution < 1.29 is 14.0 Å². The third-order valence-electron chi connectivity index (χ3n) is 4.04. The van der Waals surface area contributed by atoms with Crippen LogP contribution in [0.25, 0.3) is 0 Å². The van der Waals surface area contributed by atoms with Crippen LogP contribution in [0.5, 0.6) is 0 Å². The van der Waals surface area contributed by atoms with Gasteiger partial charge in [0.25, 0.3) is 5.91 Å². The summed E-state index contributed by atoms with van der Waals surface area (Å²) in [4.78, 5) is 31.3. The minimum atomic E-state index is -0.134. The van der Waals surface area contributed by atoms with Crippen LogP contribution in [-0.2, 0) is 11.2 Å². The van der Waals surface area contributed by atoms with Crippen molar-refractivity contribution in [2.24, 2.45) is 0 Å². The molecule has 0 aliphatic carbocycles. The van der Waals surface area contributed by atoms with Crippen LogP contribution < -0.4 is 11.1 Å². The Bertz CT molecular complexity index is 726. The molecule has 3 rings (SSSR count). The quantitative estimate of drug-likeness (QED) is 0.874. The summed E-state index contributed by atoms with van der Waals surface area (Å²) < 4.78 is 5.16. The molecule has 0 radical (unpaired) electrons. The second-order valence-electron chi connectivity index (χ2n) is 5.87. The summed E-state index contributed by atoms with van der Waals surface area (Å²) in [6, 6.07) is 3.30. The molecule has 8 heteroatoms. The molecule has 24 heavy (non-hydrogen) atoms. The highest BCUT2D eigenvalue weighted by atomic mass is 32.1. The molecule has 2 aromatic rings. The number of hydrogen-bond acceptors (Lipinski definition) is 6. The first-order valence-electron chi connectivity index (χ1n) is 7.87. The predicted octanol–water partition coefficient (Wildman–Crippen LogP) is 1.59. The van der Waals surface area contributed by atoms with Gasteiger partial charge in [-0.25, -0.2) is 4.98 Å². The van der Waals surface area contributed by atoms with Crippen molar-refractivity contribution in [3.05, 3.63) is 34.7 Å². The molecule has 1 aliphatic heterocycles. The third-order valence-corrected chi connectivity index (χ3v) is 5.02. The fourth-order valence-electron chi connectivity index (χ4n) is 2.87. The van der Waals surface area contributed by atoms with Crippen LogP contribution in [0.15, 0.2) is 22.8 Å². The number of rotatable bonds is 4. The number of anilines is 1. The van der Waals surface area contributed by atoms with Crippen LogP contribution in [-0.4, -0.2) is 40.8 Å². The Morgan fingerprint density at radius 3 is 3.04 bits per heavy atom. The maximum absolute atomic E-state index is 12.3. The highest BCUT2D eigenvalue weighted by Crippen LogP contribution is 2.20. The van der Waals surface area contributed by atoms with Crippen LogP contribution in [0.2, 0.25) is 0 Å². The molecule has 0 bridgehead atoms. The number of nitrogen functional groups attached to an aromatic ring is 1. The number of likely N-dealkylation sites (tertiary alicyclic amines) is 1. The number of nitrogens with zero attached hydrogens (tertiary/aromatic N) is 2. The average molecular weight is 348 g/mol. The van der Waals surface area contributed by atoms with Crippen LogP contribution >= 0.6 is 11.3 Å². The second-order valence-corrected chi connectivity index (χ2v) is 6.99. The Balaban J connectivity index is 1.56. The maximum Gasteiger partial charge on any atom is 0.289 e. The van der Waals surface area contributed by atoms with Crippen LogP contribution in [0.4, 0.5) is 5.13 Å². The number of hydrogen-bond donors (Lipinski definition) is 2. The summed E-state index contributed by atoms with van der Waals surface area (Å²) in [5.41, 5.74) is 6.46. The van der Waals surface area contributed by atoms with Gasteiger partial charge in [-0.3, -0.25) is 9.59 Å². The highest BCUT2D eigenvalue weighted by molar-refractivity contribution is 7.15. The summed E-state index contributed by atoms with van der Waals surface area (Å²) in [5, 5.41) is 3.48. The molecule has 0 spiro atoms. The van der Waals surface area contributed by atoms with Gasteiger partial charge >= 0.3 is 0 Å². The SMILES string of the molecule is Cc1nc(N)sc1CC(=O)N[C@@H]1CCCN(C(=O)c2ccco2)C1. The largest absolute Gasteiger partial charge is 0.459 e. The Hall–Kier alpha value is -2.35. The summed E-state index contributed by atoms with van der Waals surface area (Å²) in [7, 11) is 0. The lowest BCUT2D eigenvalue weighted by Crippen LogP contribution is -2.49. The van der Waals surface area contributed by atoms with Crippen molar-refractivity contribution in [2.75, 3.05) is 18.8 Å². The van der Waals surface area contributed by atoms with Gasteiger partial charge in [-0.15, -0.1) is 11.3 Å². The smallest absolute Gasteiger partial charge is 0.289 e. The van der Waals surface area contributed by atoms with E-state index >= 15 is 0 Å². The van der Waals surface area contributed by atoms with Crippen molar-refractivity contribution in [2.45, 2.75) is 32.2 Å². The lowest BCUT2D eigenvalue weighted by Gasteiger charge is -2.32. The van der Waals surface area contributed by atoms with Gasteiger partial charge in [-0.2, -0.15) is 0 Å². The number of piperidine rings is 1. The number of nitrogens with one attached hydrogen (secondary N) is 1. The number of carbonyl (C=O) groups is 2. The highest BCUT2D eigenvalue weighted by Gasteiger charge is 2.27. The van der Waals surface area contributed by atoms with Crippen molar-refractivity contribution in [3.8, 4) is 0 Å². The molecule has 1 fully saturated rings. The molecule has 1 saturated heterocycles. The molecule has 3 N–H and O–H groups in total. The van der Waals surface area contributed by atoms with Crippen LogP contribution in [0, 0.1) is 6.92 Å². The van der Waals surface area contributed by atoms with Crippen molar-refractivity contribution >= 4 is 28.3 Å². The molecule has 3 heterocycles. The molecule has 128 valence electrons. The normalized spacial score (nSPS) is 17.7. The van der Waals surface area contributed by atoms with Gasteiger partial charge in [0.1, 0.15) is 0 Å². The van der Waals surface area contributed by atoms with Crippen LogP contribution in [0.3, 0.4) is 0 Å². The van der Waals surface area contributed by atoms with E-state index in [2.05, 4.69) is 10.3 Å². The maximum atomic E-state index is 12.3. The summed E-state index contributed by atoms with van der Waals surface area (Å²) >= 11 is 1.34. The van der Waals surface area contributed by atoms with E-state index in [1.807, 2.05) is 6.92 Å². The van der Waals surface area contributed by atoms with Crippen LogP contribution in [0.1, 0.15) is 34.0 Å². The predicted molar refractivity (Wildman–Crippen MR) is 90.7 cm³/mol. The Morgan fingerprint density at radius 1 is 1.54 bits per heavy atom. The second kappa shape index (κ2) is 7.04. The zero-order valence-electron chi connectivity index (χ0n) is 13.4. The molecule has 7 nitrogen and oxygen atoms in total. The standard InChI is InChI=1S/C16H20N4O3S/c1-10-13(24-16(17)18-10)8-14(21)19-11-4-2-6-20(9-11)15(22)12-5-3-7-23-12/h3,5,7,11H,2,4,6,8-9H2,1H3,(H2,17,18)(H,19,21)/t11-/m1/s1. The molecule has 1 atom stereocenters. The van der Waals surface area contributed by atoms with Gasteiger partial charge in [0, 0.05) is 24.0 Å². The van der Waals surface area contributed by atoms with Gasteiger partial charge in [0.15, 0.2) is 10.9 Å². The van der Waals surface area contributed by atoms with E-state index < -0.39 is 0 Å². The van der Waals surface area contributed by atoms with Gasteiger partial charge in [0.2, 0.25) is 5.91 Å². The van der Waals surface area contributed by atoms with Crippen molar-refractivity contribution in [1.82, 2.24) is 15.2 Å². The minimum absolute atomic E-state index is 0.0456. The Kier molecular flexibility index (Phi) is 4.84. The lowest BCUT2D eigenvalue weighted by atomic mass is 10.0. The van der Waals surface area contributed by atoms with E-state index in [0.29, 0.717) is 24.0 Å². The van der Waals surface area contributed by atoms with E-state index in [4.69, 9.17) is 10.2 Å². The summed E-state index contributed by atoms with van der Waals surface area (Å²) in [5.74, 6) is 0.127. The monoisotopic (exact) mass is 348 g/mol. The van der Waals surface area contributed by atoms with Crippen molar-refractivity contribution in [3.63, 3.8) is 0 Å². The molecule has 2 aromatic heterocycles. The number of carbonyl (C=O) groups excluding carboxylic acids is 2. The first-order valence-corrected chi connectivity index (χ1v) is 8.68. The Morgan fingerprint density at radius 2 is 2.38 bits per heavy atom. The Labute approximate surface area is 143 Å². The minimum Gasteiger partial charge on any atom is -0.459 e. The fraction of sp³-hybridized carbons (Fsp3) is 0.438. The van der Waals surface area contributed by atoms with Gasteiger partial charge in [-0.05, 0) is 31.9 Å². The van der Waals surface area contributed by atoms with Gasteiger partial charge < -0.3 is 20.4 Å². The summed E-state index contributed by atoms with van der Waals surface area (Å²) in [6.45, 7) is 3.02. The number of furan rings is 1. The van der Waals surface area contributed by atoms with Gasteiger partial charge in [0.05, 0.1) is 18.4 Å². The van der Waals surface area contributed by atoms with Crippen molar-refractivity contribution in [1.29, 1.82) is 0 Å². The molecule has 0 saturated carbocycles. The number of nitrogens with two attached hydrogens (primary N) is 1. The molecular weight excluding hydrogens is 328 g/mol. The first kappa shape index (κ1) is 16.5. The van der Waals surface area contributed by atoms with E-state index in [-0.39, 0.29) is 24.3 Å². The number of thiazole rings is 1. The summed E-state index contributed by atoms with van der Waals surface area (Å²) in [6.07, 6.45) is 3.46. The topological polar surface area (TPSA) is 101 Å². The zero-order valence-corrected chi connectivity index (χ0v) is 14.3. The van der Waals surface area contributed by atoms with E-state index in [1.54, 1.807) is 17.0 Å². The first-order chi connectivity index (χ1) is 11.5. The molecule has 0 unspecified atom stereocenters. The molecular formula is C16H20N4O3S. The number of amides is 2. The zero-order chi connectivity index (χ0) is 17.1. The molecule has 2 amide bonds.